The van der Waals surface area contributed by atoms with Crippen molar-refractivity contribution in [3.05, 3.63) is 63.7 Å². The number of H-pyrrole nitrogens is 1. The first kappa shape index (κ1) is 17.9. The molecule has 27 heavy (non-hydrogen) atoms. The average molecular weight is 369 g/mol. The van der Waals surface area contributed by atoms with Crippen molar-refractivity contribution in [1.29, 1.82) is 0 Å². The maximum Gasteiger partial charge on any atom is 0.291 e. The SMILES string of the molecule is COc1cc([N+](=O)[O-])ccc1-c1ccc(/C=N\NC(=O)c2cc(C)[nH]n2)o1. The number of methoxy groups -OCH3 is 1. The number of nitro benzene ring substituents is 1. The molecular weight excluding hydrogens is 354 g/mol. The lowest BCUT2D eigenvalue weighted by molar-refractivity contribution is -0.384. The number of nitro groups is 1. The zero-order valence-electron chi connectivity index (χ0n) is 14.4. The topological polar surface area (TPSA) is 136 Å². The minimum absolute atomic E-state index is 0.0831. The van der Waals surface area contributed by atoms with E-state index in [1.165, 1.54) is 25.5 Å². The van der Waals surface area contributed by atoms with E-state index >= 15 is 0 Å². The maximum atomic E-state index is 11.8. The van der Waals surface area contributed by atoms with Gasteiger partial charge in [0, 0.05) is 11.8 Å². The van der Waals surface area contributed by atoms with Gasteiger partial charge in [0.05, 0.1) is 29.9 Å². The van der Waals surface area contributed by atoms with Gasteiger partial charge in [-0.05, 0) is 31.2 Å². The van der Waals surface area contributed by atoms with Crippen molar-refractivity contribution in [2.45, 2.75) is 6.92 Å². The van der Waals surface area contributed by atoms with Crippen LogP contribution in [-0.2, 0) is 0 Å². The number of aromatic nitrogens is 2. The smallest absolute Gasteiger partial charge is 0.291 e. The number of amides is 1. The Morgan fingerprint density at radius 3 is 2.85 bits per heavy atom. The Hall–Kier alpha value is -3.95. The van der Waals surface area contributed by atoms with Crippen LogP contribution in [0.15, 0.2) is 45.9 Å². The summed E-state index contributed by atoms with van der Waals surface area (Å²) in [6.07, 6.45) is 1.33. The van der Waals surface area contributed by atoms with Crippen LogP contribution < -0.4 is 10.2 Å². The molecule has 0 aliphatic carbocycles. The highest BCUT2D eigenvalue weighted by molar-refractivity contribution is 5.93. The van der Waals surface area contributed by atoms with Gasteiger partial charge in [0.1, 0.15) is 17.3 Å². The van der Waals surface area contributed by atoms with E-state index in [4.69, 9.17) is 9.15 Å². The molecule has 10 nitrogen and oxygen atoms in total. The first-order valence-corrected chi connectivity index (χ1v) is 7.76. The summed E-state index contributed by atoms with van der Waals surface area (Å²) < 4.78 is 10.8. The van der Waals surface area contributed by atoms with Crippen LogP contribution in [0.25, 0.3) is 11.3 Å². The highest BCUT2D eigenvalue weighted by atomic mass is 16.6. The normalized spacial score (nSPS) is 10.9. The Kier molecular flexibility index (Phi) is 4.97. The number of carbonyl (C=O) groups is 1. The minimum atomic E-state index is -0.504. The van der Waals surface area contributed by atoms with Crippen molar-refractivity contribution < 1.29 is 18.9 Å². The van der Waals surface area contributed by atoms with E-state index in [0.717, 1.165) is 5.69 Å². The first-order chi connectivity index (χ1) is 13.0. The van der Waals surface area contributed by atoms with Crippen LogP contribution in [0.2, 0.25) is 0 Å². The summed E-state index contributed by atoms with van der Waals surface area (Å²) in [4.78, 5) is 22.2. The third-order valence-electron chi connectivity index (χ3n) is 3.58. The lowest BCUT2D eigenvalue weighted by Gasteiger charge is -2.05. The predicted octanol–water partition coefficient (Wildman–Crippen LogP) is 2.66. The van der Waals surface area contributed by atoms with Crippen LogP contribution in [0.4, 0.5) is 5.69 Å². The number of aromatic amines is 1. The summed E-state index contributed by atoms with van der Waals surface area (Å²) in [7, 11) is 1.42. The summed E-state index contributed by atoms with van der Waals surface area (Å²) >= 11 is 0. The Morgan fingerprint density at radius 1 is 1.37 bits per heavy atom. The lowest BCUT2D eigenvalue weighted by atomic mass is 10.1. The Labute approximate surface area is 153 Å². The predicted molar refractivity (Wildman–Crippen MR) is 95.7 cm³/mol. The molecule has 0 spiro atoms. The fourth-order valence-electron chi connectivity index (χ4n) is 2.31. The van der Waals surface area contributed by atoms with E-state index in [1.807, 2.05) is 0 Å². The second-order valence-electron chi connectivity index (χ2n) is 5.48. The molecule has 2 aromatic heterocycles. The fraction of sp³-hybridized carbons (Fsp3) is 0.118. The van der Waals surface area contributed by atoms with Crippen molar-refractivity contribution in [3.8, 4) is 17.1 Å². The van der Waals surface area contributed by atoms with Crippen LogP contribution in [0.1, 0.15) is 21.9 Å². The van der Waals surface area contributed by atoms with Gasteiger partial charge in [-0.15, -0.1) is 0 Å². The quantitative estimate of drug-likeness (QED) is 0.389. The number of carbonyl (C=O) groups excluding carboxylic acids is 1. The molecule has 0 atom stereocenters. The van der Waals surface area contributed by atoms with Gasteiger partial charge >= 0.3 is 0 Å². The number of furan rings is 1. The molecule has 0 fully saturated rings. The number of hydrazone groups is 1. The average Bonchev–Trinajstić information content (AvgIpc) is 3.30. The second kappa shape index (κ2) is 7.52. The number of nitrogens with one attached hydrogen (secondary N) is 2. The number of aryl methyl sites for hydroxylation is 1. The summed E-state index contributed by atoms with van der Waals surface area (Å²) in [5.41, 5.74) is 3.80. The summed E-state index contributed by atoms with van der Waals surface area (Å²) in [5.74, 6) is 0.671. The van der Waals surface area contributed by atoms with E-state index < -0.39 is 10.8 Å². The zero-order chi connectivity index (χ0) is 19.4. The molecule has 0 bridgehead atoms. The molecule has 3 aromatic rings. The van der Waals surface area contributed by atoms with Gasteiger partial charge in [0.15, 0.2) is 5.69 Å². The molecule has 1 aromatic carbocycles. The van der Waals surface area contributed by atoms with Gasteiger partial charge in [-0.25, -0.2) is 5.43 Å². The maximum absolute atomic E-state index is 11.8. The van der Waals surface area contributed by atoms with Crippen LogP contribution in [0.5, 0.6) is 5.75 Å². The molecule has 0 aliphatic rings. The third kappa shape index (κ3) is 4.00. The van der Waals surface area contributed by atoms with Gasteiger partial charge in [0.2, 0.25) is 0 Å². The standard InChI is InChI=1S/C17H15N5O5/c1-10-7-14(20-19-10)17(23)21-18-9-12-4-6-15(27-12)13-5-3-11(22(24)25)8-16(13)26-2/h3-9H,1-2H3,(H,19,20)(H,21,23)/b18-9-. The number of hydrogen-bond acceptors (Lipinski definition) is 7. The summed E-state index contributed by atoms with van der Waals surface area (Å²) in [5, 5.41) is 21.2. The van der Waals surface area contributed by atoms with Crippen molar-refractivity contribution >= 4 is 17.8 Å². The van der Waals surface area contributed by atoms with Crippen LogP contribution in [0, 0.1) is 17.0 Å². The van der Waals surface area contributed by atoms with Crippen LogP contribution in [-0.4, -0.2) is 34.4 Å². The molecule has 10 heteroatoms. The number of ether oxygens (including phenoxy) is 1. The molecule has 1 amide bonds. The molecule has 0 unspecified atom stereocenters. The molecule has 0 saturated carbocycles. The largest absolute Gasteiger partial charge is 0.496 e. The van der Waals surface area contributed by atoms with Crippen molar-refractivity contribution in [3.63, 3.8) is 0 Å². The second-order valence-corrected chi connectivity index (χ2v) is 5.48. The highest BCUT2D eigenvalue weighted by Crippen LogP contribution is 2.33. The van der Waals surface area contributed by atoms with Gasteiger partial charge in [-0.1, -0.05) is 0 Å². The Morgan fingerprint density at radius 2 is 2.19 bits per heavy atom. The molecule has 0 saturated heterocycles. The van der Waals surface area contributed by atoms with Crippen LogP contribution in [0.3, 0.4) is 0 Å². The number of non-ortho nitro benzene ring substituents is 1. The number of benzene rings is 1. The molecule has 0 radical (unpaired) electrons. The highest BCUT2D eigenvalue weighted by Gasteiger charge is 2.15. The molecule has 3 rings (SSSR count). The van der Waals surface area contributed by atoms with Gasteiger partial charge in [0.25, 0.3) is 11.6 Å². The summed E-state index contributed by atoms with van der Waals surface area (Å²) in [6, 6.07) is 9.13. The van der Waals surface area contributed by atoms with Gasteiger partial charge < -0.3 is 9.15 Å². The van der Waals surface area contributed by atoms with E-state index in [1.54, 1.807) is 31.2 Å². The van der Waals surface area contributed by atoms with E-state index in [-0.39, 0.29) is 11.4 Å². The molecule has 2 N–H and O–H groups in total. The monoisotopic (exact) mass is 369 g/mol. The minimum Gasteiger partial charge on any atom is -0.496 e. The van der Waals surface area contributed by atoms with E-state index in [0.29, 0.717) is 22.8 Å². The fourth-order valence-corrected chi connectivity index (χ4v) is 2.31. The van der Waals surface area contributed by atoms with Gasteiger partial charge in [-0.3, -0.25) is 20.0 Å². The Balaban J connectivity index is 1.73. The summed E-state index contributed by atoms with van der Waals surface area (Å²) in [6.45, 7) is 1.78. The number of rotatable bonds is 6. The molecular formula is C17H15N5O5. The third-order valence-corrected chi connectivity index (χ3v) is 3.58. The van der Waals surface area contributed by atoms with Crippen LogP contribution >= 0.6 is 0 Å². The van der Waals surface area contributed by atoms with Crippen molar-refractivity contribution in [1.82, 2.24) is 15.6 Å². The van der Waals surface area contributed by atoms with E-state index in [9.17, 15) is 14.9 Å². The van der Waals surface area contributed by atoms with Crippen molar-refractivity contribution in [2.75, 3.05) is 7.11 Å². The first-order valence-electron chi connectivity index (χ1n) is 7.76. The molecule has 0 aliphatic heterocycles. The molecule has 2 heterocycles. The zero-order valence-corrected chi connectivity index (χ0v) is 14.4. The number of nitrogens with zero attached hydrogens (tertiary/aromatic N) is 3. The van der Waals surface area contributed by atoms with Crippen molar-refractivity contribution in [2.24, 2.45) is 5.10 Å². The Bertz CT molecular complexity index is 1020. The number of hydrogen-bond donors (Lipinski definition) is 2. The van der Waals surface area contributed by atoms with Gasteiger partial charge in [-0.2, -0.15) is 10.2 Å². The van der Waals surface area contributed by atoms with E-state index in [2.05, 4.69) is 20.7 Å². The molecule has 138 valence electrons. The lowest BCUT2D eigenvalue weighted by Crippen LogP contribution is -2.17.